The maximum Gasteiger partial charge on any atom is 0.337 e. The van der Waals surface area contributed by atoms with Crippen molar-refractivity contribution < 1.29 is 24.2 Å². The molecule has 2 aromatic rings. The molecule has 1 amide bonds. The lowest BCUT2D eigenvalue weighted by Gasteiger charge is -2.13. The molecule has 1 heterocycles. The standard InChI is InChI=1S/C22H21ClN2O5/c1-4-9-30-19-8-5-14(11-20(19)29-3)10-16-13(2)24-25(21(16)26)15-6-7-18(23)17(12-15)22(27)28/h5-8,10-12H,4,9H2,1-3H3,(H,27,28)/b16-10+. The first kappa shape index (κ1) is 21.4. The van der Waals surface area contributed by atoms with E-state index >= 15 is 0 Å². The smallest absolute Gasteiger partial charge is 0.337 e. The fraction of sp³-hybridized carbons (Fsp3) is 0.227. The van der Waals surface area contributed by atoms with Crippen LogP contribution >= 0.6 is 11.6 Å². The summed E-state index contributed by atoms with van der Waals surface area (Å²) in [6.45, 7) is 4.31. The summed E-state index contributed by atoms with van der Waals surface area (Å²) >= 11 is 5.92. The second-order valence-electron chi connectivity index (χ2n) is 6.59. The fourth-order valence-electron chi connectivity index (χ4n) is 2.94. The fourth-order valence-corrected chi connectivity index (χ4v) is 3.14. The number of hydrogen-bond acceptors (Lipinski definition) is 5. The Morgan fingerprint density at radius 1 is 1.23 bits per heavy atom. The van der Waals surface area contributed by atoms with Gasteiger partial charge in [0.15, 0.2) is 11.5 Å². The summed E-state index contributed by atoms with van der Waals surface area (Å²) in [4.78, 5) is 24.3. The van der Waals surface area contributed by atoms with E-state index in [1.807, 2.05) is 13.0 Å². The minimum atomic E-state index is -1.18. The minimum absolute atomic E-state index is 0.0897. The Labute approximate surface area is 179 Å². The summed E-state index contributed by atoms with van der Waals surface area (Å²) in [6.07, 6.45) is 2.59. The van der Waals surface area contributed by atoms with Crippen molar-refractivity contribution in [1.29, 1.82) is 0 Å². The number of ether oxygens (including phenoxy) is 2. The predicted octanol–water partition coefficient (Wildman–Crippen LogP) is 4.64. The van der Waals surface area contributed by atoms with Gasteiger partial charge in [-0.05, 0) is 55.3 Å². The van der Waals surface area contributed by atoms with Gasteiger partial charge in [0, 0.05) is 0 Å². The van der Waals surface area contributed by atoms with E-state index in [1.165, 1.54) is 17.1 Å². The molecule has 1 N–H and O–H groups in total. The van der Waals surface area contributed by atoms with E-state index in [0.29, 0.717) is 35.1 Å². The van der Waals surface area contributed by atoms with Gasteiger partial charge in [0.2, 0.25) is 0 Å². The molecule has 1 aliphatic rings. The lowest BCUT2D eigenvalue weighted by atomic mass is 10.1. The average molecular weight is 429 g/mol. The highest BCUT2D eigenvalue weighted by Crippen LogP contribution is 2.31. The maximum atomic E-state index is 13.0. The van der Waals surface area contributed by atoms with E-state index in [0.717, 1.165) is 12.0 Å². The number of halogens is 1. The van der Waals surface area contributed by atoms with Crippen LogP contribution in [0.3, 0.4) is 0 Å². The topological polar surface area (TPSA) is 88.4 Å². The molecule has 0 unspecified atom stereocenters. The van der Waals surface area contributed by atoms with Crippen molar-refractivity contribution in [3.05, 3.63) is 58.1 Å². The van der Waals surface area contributed by atoms with Crippen LogP contribution < -0.4 is 14.5 Å². The molecule has 0 aliphatic carbocycles. The van der Waals surface area contributed by atoms with Crippen molar-refractivity contribution in [1.82, 2.24) is 0 Å². The normalized spacial score (nSPS) is 14.8. The van der Waals surface area contributed by atoms with Crippen LogP contribution in [0.5, 0.6) is 11.5 Å². The first-order valence-corrected chi connectivity index (χ1v) is 9.69. The monoisotopic (exact) mass is 428 g/mol. The molecule has 0 atom stereocenters. The minimum Gasteiger partial charge on any atom is -0.493 e. The third kappa shape index (κ3) is 4.31. The van der Waals surface area contributed by atoms with Gasteiger partial charge in [0.1, 0.15) is 0 Å². The summed E-state index contributed by atoms with van der Waals surface area (Å²) in [6, 6.07) is 9.71. The van der Waals surface area contributed by atoms with Gasteiger partial charge in [0.25, 0.3) is 5.91 Å². The molecule has 156 valence electrons. The van der Waals surface area contributed by atoms with Crippen molar-refractivity contribution in [2.45, 2.75) is 20.3 Å². The number of carboxylic acid groups (broad SMARTS) is 1. The molecule has 0 aromatic heterocycles. The third-order valence-corrected chi connectivity index (χ3v) is 4.78. The van der Waals surface area contributed by atoms with Gasteiger partial charge >= 0.3 is 5.97 Å². The van der Waals surface area contributed by atoms with Crippen LogP contribution in [0.4, 0.5) is 5.69 Å². The Hall–Kier alpha value is -3.32. The molecule has 0 saturated carbocycles. The van der Waals surface area contributed by atoms with Gasteiger partial charge in [-0.25, -0.2) is 4.79 Å². The number of hydrogen-bond donors (Lipinski definition) is 1. The average Bonchev–Trinajstić information content (AvgIpc) is 3.01. The highest BCUT2D eigenvalue weighted by molar-refractivity contribution is 6.34. The quantitative estimate of drug-likeness (QED) is 0.649. The zero-order chi connectivity index (χ0) is 21.8. The number of carbonyl (C=O) groups is 2. The SMILES string of the molecule is CCCOc1ccc(/C=C2/C(=O)N(c3ccc(Cl)c(C(=O)O)c3)N=C2C)cc1OC. The lowest BCUT2D eigenvalue weighted by molar-refractivity contribution is -0.114. The zero-order valence-electron chi connectivity index (χ0n) is 16.8. The first-order valence-electron chi connectivity index (χ1n) is 9.31. The van der Waals surface area contributed by atoms with Crippen molar-refractivity contribution in [3.63, 3.8) is 0 Å². The molecule has 0 fully saturated rings. The molecule has 3 rings (SSSR count). The van der Waals surface area contributed by atoms with Crippen LogP contribution in [0.25, 0.3) is 6.08 Å². The molecule has 0 spiro atoms. The number of anilines is 1. The molecule has 0 bridgehead atoms. The Balaban J connectivity index is 1.91. The second-order valence-corrected chi connectivity index (χ2v) is 7.00. The number of carboxylic acids is 1. The summed E-state index contributed by atoms with van der Waals surface area (Å²) in [5.41, 5.74) is 1.88. The number of nitrogens with zero attached hydrogens (tertiary/aromatic N) is 2. The Kier molecular flexibility index (Phi) is 6.42. The van der Waals surface area contributed by atoms with Gasteiger partial charge in [-0.3, -0.25) is 4.79 Å². The van der Waals surface area contributed by atoms with Gasteiger partial charge in [-0.2, -0.15) is 10.1 Å². The number of aromatic carboxylic acids is 1. The van der Waals surface area contributed by atoms with Crippen LogP contribution in [-0.2, 0) is 4.79 Å². The van der Waals surface area contributed by atoms with Crippen LogP contribution in [0.1, 0.15) is 36.2 Å². The van der Waals surface area contributed by atoms with Crippen LogP contribution in [0.2, 0.25) is 5.02 Å². The van der Waals surface area contributed by atoms with Gasteiger partial charge in [-0.1, -0.05) is 24.6 Å². The number of rotatable bonds is 7. The molecule has 7 nitrogen and oxygen atoms in total. The highest BCUT2D eigenvalue weighted by atomic mass is 35.5. The number of amides is 1. The summed E-state index contributed by atoms with van der Waals surface area (Å²) in [5, 5.41) is 14.8. The Morgan fingerprint density at radius 3 is 2.67 bits per heavy atom. The van der Waals surface area contributed by atoms with E-state index < -0.39 is 5.97 Å². The zero-order valence-corrected chi connectivity index (χ0v) is 17.6. The lowest BCUT2D eigenvalue weighted by Crippen LogP contribution is -2.21. The molecule has 0 saturated heterocycles. The van der Waals surface area contributed by atoms with Crippen LogP contribution in [0, 0.1) is 0 Å². The van der Waals surface area contributed by atoms with Crippen LogP contribution in [-0.4, -0.2) is 36.4 Å². The molecule has 0 radical (unpaired) electrons. The number of methoxy groups -OCH3 is 1. The van der Waals surface area contributed by atoms with Crippen molar-refractivity contribution in [2.24, 2.45) is 5.10 Å². The number of hydrazone groups is 1. The summed E-state index contributed by atoms with van der Waals surface area (Å²) in [5.74, 6) is -0.342. The molecule has 8 heteroatoms. The Morgan fingerprint density at radius 2 is 2.00 bits per heavy atom. The predicted molar refractivity (Wildman–Crippen MR) is 116 cm³/mol. The van der Waals surface area contributed by atoms with E-state index in [2.05, 4.69) is 5.10 Å². The van der Waals surface area contributed by atoms with Crippen molar-refractivity contribution in [2.75, 3.05) is 18.7 Å². The molecule has 1 aliphatic heterocycles. The van der Waals surface area contributed by atoms with Crippen molar-refractivity contribution in [3.8, 4) is 11.5 Å². The third-order valence-electron chi connectivity index (χ3n) is 4.45. The van der Waals surface area contributed by atoms with Crippen molar-refractivity contribution >= 4 is 41.0 Å². The van der Waals surface area contributed by atoms with E-state index in [4.69, 9.17) is 21.1 Å². The molecule has 30 heavy (non-hydrogen) atoms. The van der Waals surface area contributed by atoms with Gasteiger partial charge in [0.05, 0.1) is 41.3 Å². The molecular weight excluding hydrogens is 408 g/mol. The van der Waals surface area contributed by atoms with Gasteiger partial charge < -0.3 is 14.6 Å². The second kappa shape index (κ2) is 9.00. The Bertz CT molecular complexity index is 1060. The first-order chi connectivity index (χ1) is 14.3. The van der Waals surface area contributed by atoms with E-state index in [9.17, 15) is 14.7 Å². The highest BCUT2D eigenvalue weighted by Gasteiger charge is 2.29. The van der Waals surface area contributed by atoms with Crippen LogP contribution in [0.15, 0.2) is 47.1 Å². The largest absolute Gasteiger partial charge is 0.493 e. The number of benzene rings is 2. The van der Waals surface area contributed by atoms with E-state index in [1.54, 1.807) is 38.3 Å². The summed E-state index contributed by atoms with van der Waals surface area (Å²) < 4.78 is 11.0. The maximum absolute atomic E-state index is 13.0. The van der Waals surface area contributed by atoms with E-state index in [-0.39, 0.29) is 16.5 Å². The molecule has 2 aromatic carbocycles. The molecular formula is C22H21ClN2O5. The summed E-state index contributed by atoms with van der Waals surface area (Å²) in [7, 11) is 1.56. The number of carbonyl (C=O) groups excluding carboxylic acids is 1. The van der Waals surface area contributed by atoms with Gasteiger partial charge in [-0.15, -0.1) is 0 Å².